The van der Waals surface area contributed by atoms with Gasteiger partial charge in [-0.25, -0.2) is 8.78 Å². The highest BCUT2D eigenvalue weighted by molar-refractivity contribution is 6.30. The molecule has 2 aromatic carbocycles. The van der Waals surface area contributed by atoms with Crippen molar-refractivity contribution in [2.45, 2.75) is 20.1 Å². The topological polar surface area (TPSA) is 21.7 Å². The molecule has 122 valence electrons. The number of halogens is 3. The highest BCUT2D eigenvalue weighted by Gasteiger charge is 2.18. The minimum Gasteiger partial charge on any atom is -0.467 e. The van der Waals surface area contributed by atoms with Crippen molar-refractivity contribution in [2.24, 2.45) is 0 Å². The van der Waals surface area contributed by atoms with Gasteiger partial charge in [-0.05, 0) is 31.2 Å². The quantitative estimate of drug-likeness (QED) is 0.818. The van der Waals surface area contributed by atoms with Gasteiger partial charge >= 0.3 is 0 Å². The number of anilines is 1. The van der Waals surface area contributed by atoms with Gasteiger partial charge in [-0.3, -0.25) is 0 Å². The van der Waals surface area contributed by atoms with Crippen molar-refractivity contribution in [2.75, 3.05) is 18.2 Å². The summed E-state index contributed by atoms with van der Waals surface area (Å²) in [5.41, 5.74) is 2.38. The van der Waals surface area contributed by atoms with Crippen LogP contribution in [-0.4, -0.2) is 13.3 Å². The zero-order valence-corrected chi connectivity index (χ0v) is 13.4. The molecule has 1 aliphatic rings. The van der Waals surface area contributed by atoms with Crippen LogP contribution in [0.25, 0.3) is 0 Å². The van der Waals surface area contributed by atoms with E-state index < -0.39 is 11.6 Å². The first-order valence-corrected chi connectivity index (χ1v) is 7.68. The average Bonchev–Trinajstić information content (AvgIpc) is 2.55. The second-order valence-electron chi connectivity index (χ2n) is 5.28. The molecule has 0 amide bonds. The van der Waals surface area contributed by atoms with Gasteiger partial charge in [0.05, 0.1) is 6.61 Å². The van der Waals surface area contributed by atoms with Gasteiger partial charge in [0.2, 0.25) is 0 Å². The first-order chi connectivity index (χ1) is 11.1. The standard InChI is InChI=1S/C17H16ClF2NO2/c1-2-21(14-3-4-15(19)16(20)7-14)8-11-5-13(18)6-12-9-22-10-23-17(11)12/h3-7H,2,8-10H2,1H3. The van der Waals surface area contributed by atoms with E-state index >= 15 is 0 Å². The first-order valence-electron chi connectivity index (χ1n) is 7.30. The molecule has 1 heterocycles. The molecule has 0 bridgehead atoms. The molecule has 0 unspecified atom stereocenters. The molecule has 23 heavy (non-hydrogen) atoms. The summed E-state index contributed by atoms with van der Waals surface area (Å²) in [4.78, 5) is 1.92. The number of nitrogens with zero attached hydrogens (tertiary/aromatic N) is 1. The Balaban J connectivity index is 1.92. The Morgan fingerprint density at radius 3 is 2.74 bits per heavy atom. The minimum absolute atomic E-state index is 0.193. The smallest absolute Gasteiger partial charge is 0.189 e. The fraction of sp³-hybridized carbons (Fsp3) is 0.294. The van der Waals surface area contributed by atoms with Gasteiger partial charge in [-0.15, -0.1) is 0 Å². The molecule has 0 saturated heterocycles. The van der Waals surface area contributed by atoms with E-state index in [2.05, 4.69) is 0 Å². The Hall–Kier alpha value is -1.85. The lowest BCUT2D eigenvalue weighted by atomic mass is 10.1. The van der Waals surface area contributed by atoms with Crippen LogP contribution in [0.1, 0.15) is 18.1 Å². The summed E-state index contributed by atoms with van der Waals surface area (Å²) in [6.45, 7) is 3.69. The van der Waals surface area contributed by atoms with E-state index in [4.69, 9.17) is 21.1 Å². The zero-order valence-electron chi connectivity index (χ0n) is 12.6. The molecular weight excluding hydrogens is 324 g/mol. The molecule has 0 radical (unpaired) electrons. The third-order valence-corrected chi connectivity index (χ3v) is 3.98. The molecule has 0 aliphatic carbocycles. The molecule has 2 aromatic rings. The van der Waals surface area contributed by atoms with E-state index in [-0.39, 0.29) is 6.79 Å². The van der Waals surface area contributed by atoms with E-state index in [1.54, 1.807) is 6.07 Å². The normalized spacial score (nSPS) is 13.4. The van der Waals surface area contributed by atoms with Gasteiger partial charge in [0.1, 0.15) is 5.75 Å². The molecule has 0 N–H and O–H groups in total. The van der Waals surface area contributed by atoms with Gasteiger partial charge in [0.15, 0.2) is 18.4 Å². The Morgan fingerprint density at radius 1 is 1.17 bits per heavy atom. The minimum atomic E-state index is -0.862. The molecule has 3 rings (SSSR count). The Kier molecular flexibility index (Phi) is 4.68. The predicted molar refractivity (Wildman–Crippen MR) is 84.8 cm³/mol. The monoisotopic (exact) mass is 339 g/mol. The maximum Gasteiger partial charge on any atom is 0.189 e. The van der Waals surface area contributed by atoms with E-state index in [1.165, 1.54) is 6.07 Å². The van der Waals surface area contributed by atoms with Crippen LogP contribution >= 0.6 is 11.6 Å². The summed E-state index contributed by atoms with van der Waals surface area (Å²) in [6.07, 6.45) is 0. The second kappa shape index (κ2) is 6.72. The van der Waals surface area contributed by atoms with Gasteiger partial charge in [0, 0.05) is 41.0 Å². The summed E-state index contributed by atoms with van der Waals surface area (Å²) in [6, 6.07) is 7.52. The predicted octanol–water partition coefficient (Wildman–Crippen LogP) is 4.51. The number of benzene rings is 2. The summed E-state index contributed by atoms with van der Waals surface area (Å²) >= 11 is 6.16. The van der Waals surface area contributed by atoms with Crippen molar-refractivity contribution in [3.63, 3.8) is 0 Å². The lowest BCUT2D eigenvalue weighted by Crippen LogP contribution is -2.24. The van der Waals surface area contributed by atoms with Crippen LogP contribution in [0.3, 0.4) is 0 Å². The van der Waals surface area contributed by atoms with Gasteiger partial charge in [-0.1, -0.05) is 11.6 Å². The van der Waals surface area contributed by atoms with Crippen molar-refractivity contribution in [3.05, 3.63) is 58.1 Å². The van der Waals surface area contributed by atoms with E-state index in [1.807, 2.05) is 24.0 Å². The number of hydrogen-bond acceptors (Lipinski definition) is 3. The van der Waals surface area contributed by atoms with Gasteiger partial charge < -0.3 is 14.4 Å². The first kappa shape index (κ1) is 16.0. The van der Waals surface area contributed by atoms with Crippen LogP contribution in [0, 0.1) is 11.6 Å². The van der Waals surface area contributed by atoms with Gasteiger partial charge in [0.25, 0.3) is 0 Å². The maximum absolute atomic E-state index is 13.5. The maximum atomic E-state index is 13.5. The molecule has 0 aromatic heterocycles. The Labute approximate surface area is 138 Å². The molecule has 6 heteroatoms. The van der Waals surface area contributed by atoms with Crippen LogP contribution < -0.4 is 9.64 Å². The Bertz CT molecular complexity index is 724. The summed E-state index contributed by atoms with van der Waals surface area (Å²) < 4.78 is 37.5. The van der Waals surface area contributed by atoms with E-state index in [9.17, 15) is 8.78 Å². The van der Waals surface area contributed by atoms with E-state index in [0.717, 1.165) is 22.9 Å². The fourth-order valence-corrected chi connectivity index (χ4v) is 2.91. The zero-order chi connectivity index (χ0) is 16.4. The van der Waals surface area contributed by atoms with Crippen molar-refractivity contribution in [1.29, 1.82) is 0 Å². The van der Waals surface area contributed by atoms with Crippen LogP contribution in [0.2, 0.25) is 5.02 Å². The Morgan fingerprint density at radius 2 is 2.00 bits per heavy atom. The molecule has 1 aliphatic heterocycles. The third-order valence-electron chi connectivity index (χ3n) is 3.76. The SMILES string of the molecule is CCN(Cc1cc(Cl)cc2c1OCOC2)c1ccc(F)c(F)c1. The van der Waals surface area contributed by atoms with Crippen molar-refractivity contribution in [3.8, 4) is 5.75 Å². The molecule has 0 fully saturated rings. The van der Waals surface area contributed by atoms with Crippen LogP contribution in [0.4, 0.5) is 14.5 Å². The highest BCUT2D eigenvalue weighted by atomic mass is 35.5. The summed E-state index contributed by atoms with van der Waals surface area (Å²) in [5.74, 6) is -0.967. The fourth-order valence-electron chi connectivity index (χ4n) is 2.65. The number of hydrogen-bond donors (Lipinski definition) is 0. The third kappa shape index (κ3) is 3.41. The largest absolute Gasteiger partial charge is 0.467 e. The van der Waals surface area contributed by atoms with Crippen LogP contribution in [0.5, 0.6) is 5.75 Å². The molecular formula is C17H16ClF2NO2. The van der Waals surface area contributed by atoms with Crippen LogP contribution in [0.15, 0.2) is 30.3 Å². The summed E-state index contributed by atoms with van der Waals surface area (Å²) in [7, 11) is 0. The number of ether oxygens (including phenoxy) is 2. The molecule has 0 spiro atoms. The lowest BCUT2D eigenvalue weighted by molar-refractivity contribution is -0.0170. The van der Waals surface area contributed by atoms with Crippen LogP contribution in [-0.2, 0) is 17.9 Å². The second-order valence-corrected chi connectivity index (χ2v) is 5.71. The number of rotatable bonds is 4. The van der Waals surface area contributed by atoms with Crippen molar-refractivity contribution >= 4 is 17.3 Å². The molecule has 0 atom stereocenters. The van der Waals surface area contributed by atoms with E-state index in [0.29, 0.717) is 30.4 Å². The molecule has 0 saturated carbocycles. The number of fused-ring (bicyclic) bond motifs is 1. The van der Waals surface area contributed by atoms with Crippen molar-refractivity contribution < 1.29 is 18.3 Å². The average molecular weight is 340 g/mol. The highest BCUT2D eigenvalue weighted by Crippen LogP contribution is 2.33. The van der Waals surface area contributed by atoms with Crippen molar-refractivity contribution in [1.82, 2.24) is 0 Å². The van der Waals surface area contributed by atoms with Gasteiger partial charge in [-0.2, -0.15) is 0 Å². The molecule has 3 nitrogen and oxygen atoms in total. The summed E-state index contributed by atoms with van der Waals surface area (Å²) in [5, 5.41) is 0.592. The lowest BCUT2D eigenvalue weighted by Gasteiger charge is -2.27.